The van der Waals surface area contributed by atoms with Gasteiger partial charge in [0.25, 0.3) is 0 Å². The van der Waals surface area contributed by atoms with Gasteiger partial charge in [-0.1, -0.05) is 30.3 Å². The van der Waals surface area contributed by atoms with E-state index in [9.17, 15) is 4.79 Å². The van der Waals surface area contributed by atoms with E-state index >= 15 is 0 Å². The molecule has 2 aliphatic rings. The maximum Gasteiger partial charge on any atom is 0.338 e. The van der Waals surface area contributed by atoms with Crippen molar-refractivity contribution in [3.05, 3.63) is 113 Å². The maximum atomic E-state index is 12.3. The molecule has 1 aromatic heterocycles. The third-order valence-electron chi connectivity index (χ3n) is 8.30. The van der Waals surface area contributed by atoms with Gasteiger partial charge in [0.15, 0.2) is 29.0 Å². The molecular weight excluding hydrogens is 608 g/mol. The van der Waals surface area contributed by atoms with Gasteiger partial charge in [0.2, 0.25) is 5.75 Å². The van der Waals surface area contributed by atoms with Crippen LogP contribution in [0.1, 0.15) is 40.1 Å². The molecule has 0 unspecified atom stereocenters. The first kappa shape index (κ1) is 30.5. The summed E-state index contributed by atoms with van der Waals surface area (Å²) in [6.07, 6.45) is 0. The summed E-state index contributed by atoms with van der Waals surface area (Å²) in [6.45, 7) is 4.09. The van der Waals surface area contributed by atoms with Crippen molar-refractivity contribution in [2.24, 2.45) is 9.98 Å². The van der Waals surface area contributed by atoms with Crippen molar-refractivity contribution in [2.75, 3.05) is 38.2 Å². The number of fused-ring (bicyclic) bond motifs is 4. The molecule has 2 aliphatic heterocycles. The van der Waals surface area contributed by atoms with Gasteiger partial charge in [-0.3, -0.25) is 0 Å². The molecule has 5 aromatic rings. The monoisotopic (exact) mass is 642 g/mol. The molecule has 0 aliphatic carbocycles. The number of para-hydroxylation sites is 3. The summed E-state index contributed by atoms with van der Waals surface area (Å²) >= 11 is 0. The van der Waals surface area contributed by atoms with Crippen LogP contribution in [0.4, 0.5) is 22.9 Å². The molecule has 1 atom stereocenters. The third-order valence-corrected chi connectivity index (χ3v) is 8.30. The number of carbonyl (C=O) groups excluding carboxylic acids is 1. The Kier molecular flexibility index (Phi) is 8.02. The van der Waals surface area contributed by atoms with Crippen molar-refractivity contribution in [2.45, 2.75) is 19.9 Å². The number of esters is 1. The van der Waals surface area contributed by atoms with Crippen LogP contribution in [0.25, 0.3) is 5.69 Å². The van der Waals surface area contributed by atoms with Gasteiger partial charge >= 0.3 is 5.97 Å². The maximum absolute atomic E-state index is 12.3. The van der Waals surface area contributed by atoms with Crippen molar-refractivity contribution >= 4 is 40.5 Å². The molecule has 242 valence electrons. The van der Waals surface area contributed by atoms with Gasteiger partial charge in [0.05, 0.1) is 62.3 Å². The van der Waals surface area contributed by atoms with Crippen molar-refractivity contribution in [3.63, 3.8) is 0 Å². The average Bonchev–Trinajstić information content (AvgIpc) is 3.46. The highest BCUT2D eigenvalue weighted by molar-refractivity contribution is 6.51. The molecule has 3 heterocycles. The Morgan fingerprint density at radius 3 is 2.21 bits per heavy atom. The lowest BCUT2D eigenvalue weighted by molar-refractivity contribution is 0.0526. The molecule has 0 saturated heterocycles. The zero-order chi connectivity index (χ0) is 33.4. The number of aromatic nitrogens is 2. The van der Waals surface area contributed by atoms with E-state index in [2.05, 4.69) is 10.2 Å². The number of amidine groups is 2. The molecule has 48 heavy (non-hydrogen) atoms. The van der Waals surface area contributed by atoms with E-state index in [1.807, 2.05) is 90.5 Å². The van der Waals surface area contributed by atoms with Gasteiger partial charge in [-0.2, -0.15) is 5.10 Å². The zero-order valence-electron chi connectivity index (χ0n) is 27.2. The summed E-state index contributed by atoms with van der Waals surface area (Å²) in [6, 6.07) is 28.5. The second-order valence-electron chi connectivity index (χ2n) is 11.1. The first-order valence-corrected chi connectivity index (χ1v) is 15.5. The minimum atomic E-state index is -0.418. The molecule has 7 rings (SSSR count). The topological polar surface area (TPSA) is 112 Å². The van der Waals surface area contributed by atoms with Crippen LogP contribution in [-0.4, -0.2) is 55.4 Å². The van der Waals surface area contributed by atoms with Crippen molar-refractivity contribution < 1.29 is 23.7 Å². The lowest BCUT2D eigenvalue weighted by Gasteiger charge is -2.40. The SMILES string of the molecule is CCOC(=O)c1ccc(NC2=Nc3ccccc3N3C2=Nc2c(c(C)nn2-c2ccccc2)[C@@H]3c2cc(OC)c(OC)c(OC)c2)cc1. The normalized spacial score (nSPS) is 14.5. The number of anilines is 2. The fraction of sp³-hybridized carbons (Fsp3) is 0.189. The predicted molar refractivity (Wildman–Crippen MR) is 185 cm³/mol. The summed E-state index contributed by atoms with van der Waals surface area (Å²) in [5.41, 5.74) is 6.32. The number of benzene rings is 4. The Morgan fingerprint density at radius 1 is 0.854 bits per heavy atom. The molecular formula is C37H34N6O5. The van der Waals surface area contributed by atoms with Gasteiger partial charge in [0.1, 0.15) is 0 Å². The van der Waals surface area contributed by atoms with Crippen LogP contribution in [0.3, 0.4) is 0 Å². The number of carbonyl (C=O) groups is 1. The average molecular weight is 643 g/mol. The molecule has 1 N–H and O–H groups in total. The number of rotatable bonds is 8. The second kappa shape index (κ2) is 12.6. The molecule has 0 fully saturated rings. The quantitative estimate of drug-likeness (QED) is 0.177. The number of nitrogens with zero attached hydrogens (tertiary/aromatic N) is 5. The molecule has 11 nitrogen and oxygen atoms in total. The van der Waals surface area contributed by atoms with Crippen LogP contribution in [0.2, 0.25) is 0 Å². The van der Waals surface area contributed by atoms with Crippen LogP contribution in [-0.2, 0) is 4.74 Å². The molecule has 0 spiro atoms. The predicted octanol–water partition coefficient (Wildman–Crippen LogP) is 7.18. The van der Waals surface area contributed by atoms with Crippen LogP contribution in [0.5, 0.6) is 17.2 Å². The Hall–Kier alpha value is -6.10. The Labute approximate surface area is 278 Å². The van der Waals surface area contributed by atoms with Gasteiger partial charge < -0.3 is 29.2 Å². The second-order valence-corrected chi connectivity index (χ2v) is 11.1. The largest absolute Gasteiger partial charge is 0.493 e. The van der Waals surface area contributed by atoms with Crippen LogP contribution >= 0.6 is 0 Å². The Balaban J connectivity index is 1.45. The van der Waals surface area contributed by atoms with Crippen LogP contribution in [0, 0.1) is 6.92 Å². The van der Waals surface area contributed by atoms with Crippen molar-refractivity contribution in [1.82, 2.24) is 9.78 Å². The van der Waals surface area contributed by atoms with Gasteiger partial charge in [-0.25, -0.2) is 19.5 Å². The van der Waals surface area contributed by atoms with Crippen LogP contribution < -0.4 is 24.4 Å². The van der Waals surface area contributed by atoms with Crippen LogP contribution in [0.15, 0.2) is 101 Å². The van der Waals surface area contributed by atoms with Crippen molar-refractivity contribution in [1.29, 1.82) is 0 Å². The number of hydrogen-bond donors (Lipinski definition) is 1. The summed E-state index contributed by atoms with van der Waals surface area (Å²) in [5.74, 6) is 2.98. The lowest BCUT2D eigenvalue weighted by atomic mass is 9.92. The highest BCUT2D eigenvalue weighted by atomic mass is 16.5. The first-order chi connectivity index (χ1) is 23.4. The van der Waals surface area contributed by atoms with E-state index in [1.54, 1.807) is 40.4 Å². The number of aryl methyl sites for hydroxylation is 1. The summed E-state index contributed by atoms with van der Waals surface area (Å²) in [7, 11) is 4.81. The number of methoxy groups -OCH3 is 3. The Morgan fingerprint density at radius 2 is 1.54 bits per heavy atom. The van der Waals surface area contributed by atoms with E-state index < -0.39 is 6.04 Å². The highest BCUT2D eigenvalue weighted by Crippen LogP contribution is 2.50. The van der Waals surface area contributed by atoms with E-state index in [4.69, 9.17) is 34.0 Å². The molecule has 4 aromatic carbocycles. The van der Waals surface area contributed by atoms with E-state index in [0.717, 1.165) is 39.6 Å². The molecule has 0 amide bonds. The lowest BCUT2D eigenvalue weighted by Crippen LogP contribution is -2.46. The minimum Gasteiger partial charge on any atom is -0.493 e. The molecule has 11 heteroatoms. The number of aliphatic imine (C=N–C) groups is 2. The van der Waals surface area contributed by atoms with E-state index in [1.165, 1.54) is 0 Å². The summed E-state index contributed by atoms with van der Waals surface area (Å²) < 4.78 is 24.3. The van der Waals surface area contributed by atoms with E-state index in [0.29, 0.717) is 46.9 Å². The van der Waals surface area contributed by atoms with Gasteiger partial charge in [0, 0.05) is 11.3 Å². The first-order valence-electron chi connectivity index (χ1n) is 15.5. The van der Waals surface area contributed by atoms with Gasteiger partial charge in [-0.15, -0.1) is 0 Å². The number of hydrogen-bond acceptors (Lipinski definition) is 10. The van der Waals surface area contributed by atoms with Gasteiger partial charge in [-0.05, 0) is 80.1 Å². The number of nitrogens with one attached hydrogen (secondary N) is 1. The standard InChI is InChI=1S/C37H34N6O5/c1-6-48-37(44)23-16-18-25(19-17-23)38-34-36-40-35-31(22(2)41-43(35)26-12-8-7-9-13-26)32(42(36)28-15-11-10-14-27(28)39-34)24-20-29(45-3)33(47-5)30(21-24)46-4/h7-21,32H,6H2,1-5H3,(H,38,39)/t32-/m0/s1. The number of ether oxygens (including phenoxy) is 4. The fourth-order valence-electron chi connectivity index (χ4n) is 6.16. The highest BCUT2D eigenvalue weighted by Gasteiger charge is 2.42. The summed E-state index contributed by atoms with van der Waals surface area (Å²) in [4.78, 5) is 24.8. The van der Waals surface area contributed by atoms with E-state index in [-0.39, 0.29) is 5.97 Å². The zero-order valence-corrected chi connectivity index (χ0v) is 27.2. The van der Waals surface area contributed by atoms with Crippen molar-refractivity contribution in [3.8, 4) is 22.9 Å². The smallest absolute Gasteiger partial charge is 0.338 e. The Bertz CT molecular complexity index is 2050. The third kappa shape index (κ3) is 5.19. The minimum absolute atomic E-state index is 0.304. The molecule has 0 radical (unpaired) electrons. The molecule has 0 bridgehead atoms. The fourth-order valence-corrected chi connectivity index (χ4v) is 6.16. The summed E-state index contributed by atoms with van der Waals surface area (Å²) in [5, 5.41) is 8.49. The molecule has 0 saturated carbocycles.